The number of hydrogen-bond donors (Lipinski definition) is 1. The molecule has 92 valence electrons. The Labute approximate surface area is 95.4 Å². The number of piperidine rings is 1. The van der Waals surface area contributed by atoms with Crippen LogP contribution >= 0.6 is 0 Å². The van der Waals surface area contributed by atoms with Gasteiger partial charge >= 0.3 is 5.97 Å². The van der Waals surface area contributed by atoms with Crippen LogP contribution in [0.15, 0.2) is 0 Å². The Morgan fingerprint density at radius 2 is 2.19 bits per heavy atom. The largest absolute Gasteiger partial charge is 0.481 e. The molecule has 0 bridgehead atoms. The minimum absolute atomic E-state index is 0.0478. The van der Waals surface area contributed by atoms with Crippen LogP contribution in [0, 0.1) is 5.41 Å². The number of amides is 1. The van der Waals surface area contributed by atoms with Crippen molar-refractivity contribution in [1.29, 1.82) is 0 Å². The molecule has 1 saturated heterocycles. The Hall–Kier alpha value is -1.10. The van der Waals surface area contributed by atoms with E-state index in [1.807, 2.05) is 6.92 Å². The van der Waals surface area contributed by atoms with E-state index in [-0.39, 0.29) is 19.1 Å². The van der Waals surface area contributed by atoms with Crippen molar-refractivity contribution in [1.82, 2.24) is 4.90 Å². The SMILES string of the molecule is CCOCC(=O)N1CCCC(C)(C(=O)O)C1. The highest BCUT2D eigenvalue weighted by molar-refractivity contribution is 5.80. The number of carboxylic acid groups (broad SMARTS) is 1. The highest BCUT2D eigenvalue weighted by Gasteiger charge is 2.39. The van der Waals surface area contributed by atoms with Crippen LogP contribution < -0.4 is 0 Å². The quantitative estimate of drug-likeness (QED) is 0.772. The first-order valence-corrected chi connectivity index (χ1v) is 5.58. The van der Waals surface area contributed by atoms with E-state index < -0.39 is 11.4 Å². The van der Waals surface area contributed by atoms with Gasteiger partial charge in [-0.05, 0) is 26.7 Å². The van der Waals surface area contributed by atoms with Gasteiger partial charge in [0.15, 0.2) is 0 Å². The Kier molecular flexibility index (Phi) is 4.29. The molecule has 1 aliphatic heterocycles. The van der Waals surface area contributed by atoms with Crippen molar-refractivity contribution in [3.8, 4) is 0 Å². The molecule has 1 unspecified atom stereocenters. The fraction of sp³-hybridized carbons (Fsp3) is 0.818. The van der Waals surface area contributed by atoms with Crippen LogP contribution in [-0.2, 0) is 14.3 Å². The van der Waals surface area contributed by atoms with Crippen LogP contribution in [0.25, 0.3) is 0 Å². The molecular weight excluding hydrogens is 210 g/mol. The highest BCUT2D eigenvalue weighted by atomic mass is 16.5. The van der Waals surface area contributed by atoms with E-state index in [4.69, 9.17) is 9.84 Å². The fourth-order valence-electron chi connectivity index (χ4n) is 1.91. The molecule has 0 saturated carbocycles. The molecule has 1 N–H and O–H groups in total. The van der Waals surface area contributed by atoms with E-state index in [1.165, 1.54) is 0 Å². The molecule has 0 aliphatic carbocycles. The minimum Gasteiger partial charge on any atom is -0.481 e. The third kappa shape index (κ3) is 2.95. The molecule has 0 aromatic heterocycles. The average Bonchev–Trinajstić information content (AvgIpc) is 2.25. The summed E-state index contributed by atoms with van der Waals surface area (Å²) in [5.74, 6) is -0.949. The molecule has 16 heavy (non-hydrogen) atoms. The first-order valence-electron chi connectivity index (χ1n) is 5.58. The van der Waals surface area contributed by atoms with Crippen molar-refractivity contribution >= 4 is 11.9 Å². The van der Waals surface area contributed by atoms with Crippen LogP contribution in [-0.4, -0.2) is 48.2 Å². The summed E-state index contributed by atoms with van der Waals surface area (Å²) in [7, 11) is 0. The van der Waals surface area contributed by atoms with Gasteiger partial charge in [0.1, 0.15) is 6.61 Å². The lowest BCUT2D eigenvalue weighted by Crippen LogP contribution is -2.49. The minimum atomic E-state index is -0.832. The van der Waals surface area contributed by atoms with Gasteiger partial charge in [-0.3, -0.25) is 9.59 Å². The molecule has 0 radical (unpaired) electrons. The molecular formula is C11H19NO4. The van der Waals surface area contributed by atoms with Crippen molar-refractivity contribution in [2.45, 2.75) is 26.7 Å². The lowest BCUT2D eigenvalue weighted by Gasteiger charge is -2.37. The molecule has 1 fully saturated rings. The Morgan fingerprint density at radius 1 is 1.50 bits per heavy atom. The molecule has 1 rings (SSSR count). The number of aliphatic carboxylic acids is 1. The normalized spacial score (nSPS) is 25.5. The van der Waals surface area contributed by atoms with E-state index in [9.17, 15) is 9.59 Å². The molecule has 5 heteroatoms. The van der Waals surface area contributed by atoms with E-state index in [0.717, 1.165) is 6.42 Å². The number of carbonyl (C=O) groups excluding carboxylic acids is 1. The maximum absolute atomic E-state index is 11.7. The molecule has 0 spiro atoms. The first-order chi connectivity index (χ1) is 7.49. The zero-order chi connectivity index (χ0) is 12.2. The third-order valence-electron chi connectivity index (χ3n) is 3.00. The summed E-state index contributed by atoms with van der Waals surface area (Å²) in [6, 6.07) is 0. The second-order valence-corrected chi connectivity index (χ2v) is 4.42. The van der Waals surface area contributed by atoms with Crippen molar-refractivity contribution in [3.63, 3.8) is 0 Å². The smallest absolute Gasteiger partial charge is 0.311 e. The summed E-state index contributed by atoms with van der Waals surface area (Å²) in [6.45, 7) is 4.98. The van der Waals surface area contributed by atoms with Gasteiger partial charge in [0.25, 0.3) is 0 Å². The van der Waals surface area contributed by atoms with Gasteiger partial charge in [0, 0.05) is 19.7 Å². The first kappa shape index (κ1) is 13.0. The topological polar surface area (TPSA) is 66.8 Å². The second kappa shape index (κ2) is 5.30. The summed E-state index contributed by atoms with van der Waals surface area (Å²) >= 11 is 0. The second-order valence-electron chi connectivity index (χ2n) is 4.42. The Bertz CT molecular complexity index is 279. The summed E-state index contributed by atoms with van der Waals surface area (Å²) < 4.78 is 5.04. The van der Waals surface area contributed by atoms with E-state index >= 15 is 0 Å². The molecule has 0 aromatic carbocycles. The van der Waals surface area contributed by atoms with Crippen LogP contribution in [0.2, 0.25) is 0 Å². The van der Waals surface area contributed by atoms with E-state index in [1.54, 1.807) is 11.8 Å². The number of rotatable bonds is 4. The van der Waals surface area contributed by atoms with Gasteiger partial charge in [0.05, 0.1) is 5.41 Å². The van der Waals surface area contributed by atoms with Gasteiger partial charge in [-0.25, -0.2) is 0 Å². The maximum Gasteiger partial charge on any atom is 0.311 e. The number of carbonyl (C=O) groups is 2. The molecule has 1 heterocycles. The van der Waals surface area contributed by atoms with Gasteiger partial charge < -0.3 is 14.7 Å². The summed E-state index contributed by atoms with van der Waals surface area (Å²) in [5.41, 5.74) is -0.805. The standard InChI is InChI=1S/C11H19NO4/c1-3-16-7-9(13)12-6-4-5-11(2,8-12)10(14)15/h3-8H2,1-2H3,(H,14,15). The predicted octanol–water partition coefficient (Wildman–Crippen LogP) is 0.736. The van der Waals surface area contributed by atoms with Crippen molar-refractivity contribution in [2.75, 3.05) is 26.3 Å². The number of hydrogen-bond acceptors (Lipinski definition) is 3. The molecule has 1 amide bonds. The van der Waals surface area contributed by atoms with Gasteiger partial charge in [-0.1, -0.05) is 0 Å². The van der Waals surface area contributed by atoms with Crippen LogP contribution in [0.3, 0.4) is 0 Å². The maximum atomic E-state index is 11.7. The lowest BCUT2D eigenvalue weighted by atomic mass is 9.82. The zero-order valence-corrected chi connectivity index (χ0v) is 9.86. The molecule has 1 atom stereocenters. The van der Waals surface area contributed by atoms with E-state index in [0.29, 0.717) is 19.6 Å². The summed E-state index contributed by atoms with van der Waals surface area (Å²) in [6.07, 6.45) is 1.36. The van der Waals surface area contributed by atoms with Crippen molar-refractivity contribution < 1.29 is 19.4 Å². The van der Waals surface area contributed by atoms with Gasteiger partial charge in [-0.15, -0.1) is 0 Å². The number of likely N-dealkylation sites (tertiary alicyclic amines) is 1. The molecule has 5 nitrogen and oxygen atoms in total. The highest BCUT2D eigenvalue weighted by Crippen LogP contribution is 2.29. The van der Waals surface area contributed by atoms with E-state index in [2.05, 4.69) is 0 Å². The average molecular weight is 229 g/mol. The number of nitrogens with zero attached hydrogens (tertiary/aromatic N) is 1. The van der Waals surface area contributed by atoms with Crippen LogP contribution in [0.4, 0.5) is 0 Å². The van der Waals surface area contributed by atoms with Crippen LogP contribution in [0.1, 0.15) is 26.7 Å². The summed E-state index contributed by atoms with van der Waals surface area (Å²) in [5, 5.41) is 9.10. The lowest BCUT2D eigenvalue weighted by molar-refractivity contribution is -0.154. The van der Waals surface area contributed by atoms with Crippen molar-refractivity contribution in [2.24, 2.45) is 5.41 Å². The number of ether oxygens (including phenoxy) is 1. The molecule has 1 aliphatic rings. The third-order valence-corrected chi connectivity index (χ3v) is 3.00. The fourth-order valence-corrected chi connectivity index (χ4v) is 1.91. The van der Waals surface area contributed by atoms with Crippen molar-refractivity contribution in [3.05, 3.63) is 0 Å². The summed E-state index contributed by atoms with van der Waals surface area (Å²) in [4.78, 5) is 24.4. The predicted molar refractivity (Wildman–Crippen MR) is 58.0 cm³/mol. The van der Waals surface area contributed by atoms with Gasteiger partial charge in [-0.2, -0.15) is 0 Å². The van der Waals surface area contributed by atoms with Gasteiger partial charge in [0.2, 0.25) is 5.91 Å². The monoisotopic (exact) mass is 229 g/mol. The number of carboxylic acids is 1. The van der Waals surface area contributed by atoms with Crippen LogP contribution in [0.5, 0.6) is 0 Å². The zero-order valence-electron chi connectivity index (χ0n) is 9.86. The Morgan fingerprint density at radius 3 is 2.75 bits per heavy atom. The Balaban J connectivity index is 2.56. The molecule has 0 aromatic rings.